The molecule has 0 aromatic heterocycles. The maximum absolute atomic E-state index is 12.5. The van der Waals surface area contributed by atoms with Gasteiger partial charge in [-0.2, -0.15) is 0 Å². The zero-order chi connectivity index (χ0) is 14.3. The molecule has 1 heterocycles. The molecule has 0 saturated heterocycles. The summed E-state index contributed by atoms with van der Waals surface area (Å²) in [6.45, 7) is 0. The lowest BCUT2D eigenvalue weighted by Crippen LogP contribution is -2.53. The molecule has 1 N–H and O–H groups in total. The maximum atomic E-state index is 12.5. The Bertz CT molecular complexity index is 696. The molecule has 1 aliphatic heterocycles. The third kappa shape index (κ3) is 1.52. The lowest BCUT2D eigenvalue weighted by atomic mass is 9.79. The molecule has 1 atom stereocenters. The first-order chi connectivity index (χ1) is 9.56. The van der Waals surface area contributed by atoms with Crippen LogP contribution < -0.4 is 0 Å². The molecule has 0 aliphatic carbocycles. The summed E-state index contributed by atoms with van der Waals surface area (Å²) < 4.78 is 0. The molecule has 100 valence electrons. The molecule has 0 fully saturated rings. The number of hydrogen-bond donors (Lipinski definition) is 1. The number of carbonyl (C=O) groups is 2. The van der Waals surface area contributed by atoms with Crippen molar-refractivity contribution in [2.24, 2.45) is 0 Å². The van der Waals surface area contributed by atoms with Crippen LogP contribution in [0.5, 0.6) is 0 Å². The molecule has 20 heavy (non-hydrogen) atoms. The van der Waals surface area contributed by atoms with E-state index in [-0.39, 0.29) is 0 Å². The van der Waals surface area contributed by atoms with Crippen molar-refractivity contribution < 1.29 is 14.7 Å². The van der Waals surface area contributed by atoms with Gasteiger partial charge in [-0.1, -0.05) is 48.5 Å². The van der Waals surface area contributed by atoms with E-state index in [4.69, 9.17) is 0 Å². The zero-order valence-electron chi connectivity index (χ0n) is 10.9. The van der Waals surface area contributed by atoms with Gasteiger partial charge in [0.2, 0.25) is 0 Å². The van der Waals surface area contributed by atoms with Crippen molar-refractivity contribution in [3.05, 3.63) is 71.3 Å². The summed E-state index contributed by atoms with van der Waals surface area (Å²) in [5.41, 5.74) is -0.683. The van der Waals surface area contributed by atoms with Gasteiger partial charge in [0.05, 0.1) is 0 Å². The van der Waals surface area contributed by atoms with Crippen molar-refractivity contribution in [2.45, 2.75) is 5.60 Å². The van der Waals surface area contributed by atoms with E-state index in [9.17, 15) is 14.7 Å². The monoisotopic (exact) mass is 267 g/mol. The highest BCUT2D eigenvalue weighted by Crippen LogP contribution is 2.37. The summed E-state index contributed by atoms with van der Waals surface area (Å²) in [5.74, 6) is -1.03. The predicted molar refractivity (Wildman–Crippen MR) is 73.0 cm³/mol. The van der Waals surface area contributed by atoms with E-state index in [2.05, 4.69) is 0 Å². The minimum atomic E-state index is -1.82. The molecule has 2 aromatic carbocycles. The van der Waals surface area contributed by atoms with Crippen molar-refractivity contribution in [3.8, 4) is 0 Å². The fourth-order valence-electron chi connectivity index (χ4n) is 2.57. The van der Waals surface area contributed by atoms with Crippen LogP contribution in [0.25, 0.3) is 0 Å². The number of likely N-dealkylation sites (N-methyl/N-ethyl adjacent to an activating group) is 1. The van der Waals surface area contributed by atoms with Crippen LogP contribution in [-0.4, -0.2) is 28.9 Å². The number of imide groups is 1. The molecular formula is C16H13NO3. The van der Waals surface area contributed by atoms with Gasteiger partial charge >= 0.3 is 0 Å². The van der Waals surface area contributed by atoms with E-state index < -0.39 is 17.4 Å². The van der Waals surface area contributed by atoms with Crippen LogP contribution in [0.15, 0.2) is 54.6 Å². The van der Waals surface area contributed by atoms with Crippen molar-refractivity contribution in [2.75, 3.05) is 7.05 Å². The standard InChI is InChI=1S/C16H13NO3/c1-17-14(18)12-9-5-6-10-13(12)16(20,15(17)19)11-7-3-2-4-8-11/h2-10,20H,1H3. The van der Waals surface area contributed by atoms with Crippen LogP contribution in [0.1, 0.15) is 21.5 Å². The lowest BCUT2D eigenvalue weighted by Gasteiger charge is -2.37. The van der Waals surface area contributed by atoms with Gasteiger partial charge in [0.15, 0.2) is 5.60 Å². The Morgan fingerprint density at radius 2 is 1.55 bits per heavy atom. The second-order valence-electron chi connectivity index (χ2n) is 4.79. The molecule has 2 amide bonds. The first-order valence-corrected chi connectivity index (χ1v) is 6.26. The number of nitrogens with zero attached hydrogens (tertiary/aromatic N) is 1. The van der Waals surface area contributed by atoms with Crippen molar-refractivity contribution >= 4 is 11.8 Å². The van der Waals surface area contributed by atoms with Crippen LogP contribution in [-0.2, 0) is 10.4 Å². The van der Waals surface area contributed by atoms with Gasteiger partial charge in [-0.05, 0) is 11.6 Å². The number of carbonyl (C=O) groups excluding carboxylic acids is 2. The Hall–Kier alpha value is -2.46. The second kappa shape index (κ2) is 4.28. The van der Waals surface area contributed by atoms with Crippen LogP contribution in [0.2, 0.25) is 0 Å². The molecule has 3 rings (SSSR count). The summed E-state index contributed by atoms with van der Waals surface area (Å²) in [5, 5.41) is 11.0. The Morgan fingerprint density at radius 1 is 0.950 bits per heavy atom. The molecule has 0 spiro atoms. The van der Waals surface area contributed by atoms with Crippen molar-refractivity contribution in [3.63, 3.8) is 0 Å². The van der Waals surface area contributed by atoms with E-state index >= 15 is 0 Å². The number of benzene rings is 2. The Morgan fingerprint density at radius 3 is 2.25 bits per heavy atom. The zero-order valence-corrected chi connectivity index (χ0v) is 10.9. The predicted octanol–water partition coefficient (Wildman–Crippen LogP) is 1.53. The van der Waals surface area contributed by atoms with E-state index in [1.54, 1.807) is 54.6 Å². The van der Waals surface area contributed by atoms with Gasteiger partial charge in [0.25, 0.3) is 11.8 Å². The molecular weight excluding hydrogens is 254 g/mol. The summed E-state index contributed by atoms with van der Waals surface area (Å²) in [7, 11) is 1.38. The summed E-state index contributed by atoms with van der Waals surface area (Å²) in [6.07, 6.45) is 0. The van der Waals surface area contributed by atoms with Gasteiger partial charge in [-0.15, -0.1) is 0 Å². The SMILES string of the molecule is CN1C(=O)c2ccccc2C(O)(c2ccccc2)C1=O. The number of aliphatic hydroxyl groups is 1. The minimum Gasteiger partial charge on any atom is -0.372 e. The average molecular weight is 267 g/mol. The van der Waals surface area contributed by atoms with Gasteiger partial charge in [0.1, 0.15) is 0 Å². The Kier molecular flexibility index (Phi) is 2.69. The van der Waals surface area contributed by atoms with Gasteiger partial charge in [-0.3, -0.25) is 14.5 Å². The van der Waals surface area contributed by atoms with E-state index in [0.29, 0.717) is 16.7 Å². The first-order valence-electron chi connectivity index (χ1n) is 6.26. The fourth-order valence-corrected chi connectivity index (χ4v) is 2.57. The largest absolute Gasteiger partial charge is 0.372 e. The van der Waals surface area contributed by atoms with Gasteiger partial charge < -0.3 is 5.11 Å². The number of hydrogen-bond acceptors (Lipinski definition) is 3. The van der Waals surface area contributed by atoms with Crippen molar-refractivity contribution in [1.82, 2.24) is 4.90 Å². The topological polar surface area (TPSA) is 57.6 Å². The molecule has 0 radical (unpaired) electrons. The highest BCUT2D eigenvalue weighted by atomic mass is 16.3. The van der Waals surface area contributed by atoms with Crippen LogP contribution in [0.4, 0.5) is 0 Å². The summed E-state index contributed by atoms with van der Waals surface area (Å²) >= 11 is 0. The van der Waals surface area contributed by atoms with Crippen LogP contribution in [0.3, 0.4) is 0 Å². The third-order valence-corrected chi connectivity index (χ3v) is 3.66. The first kappa shape index (κ1) is 12.6. The molecule has 4 nitrogen and oxygen atoms in total. The minimum absolute atomic E-state index is 0.333. The lowest BCUT2D eigenvalue weighted by molar-refractivity contribution is -0.145. The van der Waals surface area contributed by atoms with Gasteiger partial charge in [-0.25, -0.2) is 0 Å². The number of fused-ring (bicyclic) bond motifs is 1. The van der Waals surface area contributed by atoms with Gasteiger partial charge in [0, 0.05) is 18.2 Å². The highest BCUT2D eigenvalue weighted by molar-refractivity contribution is 6.13. The average Bonchev–Trinajstić information content (AvgIpc) is 2.51. The Labute approximate surface area is 116 Å². The van der Waals surface area contributed by atoms with Crippen LogP contribution >= 0.6 is 0 Å². The second-order valence-corrected chi connectivity index (χ2v) is 4.79. The maximum Gasteiger partial charge on any atom is 0.270 e. The molecule has 4 heteroatoms. The third-order valence-electron chi connectivity index (χ3n) is 3.66. The number of rotatable bonds is 1. The molecule has 0 saturated carbocycles. The quantitative estimate of drug-likeness (QED) is 0.797. The van der Waals surface area contributed by atoms with Crippen molar-refractivity contribution in [1.29, 1.82) is 0 Å². The molecule has 1 aliphatic rings. The molecule has 2 aromatic rings. The Balaban J connectivity index is 2.32. The van der Waals surface area contributed by atoms with Crippen LogP contribution in [0, 0.1) is 0 Å². The summed E-state index contributed by atoms with van der Waals surface area (Å²) in [6, 6.07) is 15.3. The van der Waals surface area contributed by atoms with E-state index in [0.717, 1.165) is 4.90 Å². The summed E-state index contributed by atoms with van der Waals surface area (Å²) in [4.78, 5) is 25.6. The highest BCUT2D eigenvalue weighted by Gasteiger charge is 2.49. The smallest absolute Gasteiger partial charge is 0.270 e. The number of amides is 2. The fraction of sp³-hybridized carbons (Fsp3) is 0.125. The van der Waals surface area contributed by atoms with E-state index in [1.807, 2.05) is 0 Å². The molecule has 0 bridgehead atoms. The normalized spacial score (nSPS) is 21.8. The molecule has 1 unspecified atom stereocenters. The van der Waals surface area contributed by atoms with E-state index in [1.165, 1.54) is 7.05 Å².